The van der Waals surface area contributed by atoms with Crippen molar-refractivity contribution in [3.63, 3.8) is 0 Å². The number of nitrogens with zero attached hydrogens (tertiary/aromatic N) is 1. The Morgan fingerprint density at radius 3 is 2.71 bits per heavy atom. The van der Waals surface area contributed by atoms with E-state index < -0.39 is 5.97 Å². The average molecular weight is 256 g/mol. The first-order valence-corrected chi connectivity index (χ1v) is 5.61. The molecule has 1 aromatic rings. The predicted octanol–water partition coefficient (Wildman–Crippen LogP) is 0.715. The van der Waals surface area contributed by atoms with Gasteiger partial charge in [0, 0.05) is 6.20 Å². The van der Waals surface area contributed by atoms with Crippen LogP contribution in [0, 0.1) is 0 Å². The van der Waals surface area contributed by atoms with Crippen LogP contribution in [0.4, 0.5) is 5.69 Å². The summed E-state index contributed by atoms with van der Waals surface area (Å²) >= 11 is 1.10. The minimum absolute atomic E-state index is 0.0817. The van der Waals surface area contributed by atoms with Crippen molar-refractivity contribution in [1.29, 1.82) is 0 Å². The van der Waals surface area contributed by atoms with Gasteiger partial charge < -0.3 is 15.2 Å². The number of ether oxygens (including phenoxy) is 2. The molecule has 0 fully saturated rings. The lowest BCUT2D eigenvalue weighted by Gasteiger charge is -2.07. The highest BCUT2D eigenvalue weighted by molar-refractivity contribution is 8.00. The summed E-state index contributed by atoms with van der Waals surface area (Å²) < 4.78 is 9.06. The van der Waals surface area contributed by atoms with E-state index in [1.807, 2.05) is 0 Å². The first-order valence-electron chi connectivity index (χ1n) is 4.62. The molecule has 0 radical (unpaired) electrons. The second-order valence-corrected chi connectivity index (χ2v) is 3.90. The number of thioether (sulfide) groups is 1. The minimum Gasteiger partial charge on any atom is -0.468 e. The topological polar surface area (TPSA) is 91.5 Å². The number of nitrogen functional groups attached to an aromatic ring is 1. The molecule has 0 saturated carbocycles. The Kier molecular flexibility index (Phi) is 4.77. The summed E-state index contributed by atoms with van der Waals surface area (Å²) in [5, 5.41) is 0.401. The Hall–Kier alpha value is -1.76. The van der Waals surface area contributed by atoms with Gasteiger partial charge in [-0.2, -0.15) is 0 Å². The van der Waals surface area contributed by atoms with Gasteiger partial charge in [0.1, 0.15) is 5.03 Å². The molecule has 17 heavy (non-hydrogen) atoms. The smallest absolute Gasteiger partial charge is 0.340 e. The number of aromatic nitrogens is 1. The number of rotatable bonds is 4. The van der Waals surface area contributed by atoms with E-state index in [1.54, 1.807) is 0 Å². The summed E-state index contributed by atoms with van der Waals surface area (Å²) in [5.74, 6) is -0.845. The Bertz CT molecular complexity index is 436. The van der Waals surface area contributed by atoms with Gasteiger partial charge in [0.15, 0.2) is 0 Å². The van der Waals surface area contributed by atoms with Gasteiger partial charge in [0.2, 0.25) is 0 Å². The fourth-order valence-corrected chi connectivity index (χ4v) is 1.82. The molecule has 0 aliphatic carbocycles. The molecule has 0 atom stereocenters. The highest BCUT2D eigenvalue weighted by Crippen LogP contribution is 2.25. The van der Waals surface area contributed by atoms with E-state index in [0.29, 0.717) is 5.03 Å². The SMILES string of the molecule is COC(=O)CSc1nccc(C(=O)OC)c1N. The number of nitrogens with two attached hydrogens (primary N) is 1. The third kappa shape index (κ3) is 3.35. The van der Waals surface area contributed by atoms with Crippen molar-refractivity contribution in [2.24, 2.45) is 0 Å². The van der Waals surface area contributed by atoms with Gasteiger partial charge in [0.05, 0.1) is 31.2 Å². The van der Waals surface area contributed by atoms with E-state index in [4.69, 9.17) is 5.73 Å². The second kappa shape index (κ2) is 6.09. The van der Waals surface area contributed by atoms with E-state index in [-0.39, 0.29) is 23.0 Å². The van der Waals surface area contributed by atoms with E-state index >= 15 is 0 Å². The third-order valence-electron chi connectivity index (χ3n) is 1.91. The Labute approximate surface area is 102 Å². The summed E-state index contributed by atoms with van der Waals surface area (Å²) in [7, 11) is 2.56. The normalized spacial score (nSPS) is 9.76. The molecule has 1 aromatic heterocycles. The van der Waals surface area contributed by atoms with Gasteiger partial charge >= 0.3 is 11.9 Å². The van der Waals surface area contributed by atoms with Crippen LogP contribution in [0.1, 0.15) is 10.4 Å². The number of carbonyl (C=O) groups excluding carboxylic acids is 2. The zero-order chi connectivity index (χ0) is 12.8. The van der Waals surface area contributed by atoms with Gasteiger partial charge in [-0.25, -0.2) is 9.78 Å². The van der Waals surface area contributed by atoms with E-state index in [9.17, 15) is 9.59 Å². The zero-order valence-electron chi connectivity index (χ0n) is 9.43. The molecule has 2 N–H and O–H groups in total. The van der Waals surface area contributed by atoms with Crippen LogP contribution in [-0.4, -0.2) is 36.9 Å². The fourth-order valence-electron chi connectivity index (χ4n) is 1.04. The predicted molar refractivity (Wildman–Crippen MR) is 62.7 cm³/mol. The maximum atomic E-state index is 11.3. The monoisotopic (exact) mass is 256 g/mol. The van der Waals surface area contributed by atoms with Crippen LogP contribution in [-0.2, 0) is 14.3 Å². The molecule has 7 heteroatoms. The standard InChI is InChI=1S/C10H12N2O4S/c1-15-7(13)5-17-9-8(11)6(3-4-12-9)10(14)16-2/h3-4H,5,11H2,1-2H3. The number of carbonyl (C=O) groups is 2. The molecule has 92 valence electrons. The summed E-state index contributed by atoms with van der Waals surface area (Å²) in [5.41, 5.74) is 6.18. The van der Waals surface area contributed by atoms with Gasteiger partial charge in [0.25, 0.3) is 0 Å². The van der Waals surface area contributed by atoms with Gasteiger partial charge in [-0.15, -0.1) is 0 Å². The largest absolute Gasteiger partial charge is 0.468 e. The number of anilines is 1. The van der Waals surface area contributed by atoms with Crippen LogP contribution >= 0.6 is 11.8 Å². The number of hydrogen-bond acceptors (Lipinski definition) is 7. The molecule has 1 rings (SSSR count). The van der Waals surface area contributed by atoms with Crippen molar-refractivity contribution in [3.05, 3.63) is 17.8 Å². The summed E-state index contributed by atoms with van der Waals surface area (Å²) in [6.07, 6.45) is 1.43. The molecular weight excluding hydrogens is 244 g/mol. The van der Waals surface area contributed by atoms with Crippen molar-refractivity contribution in [3.8, 4) is 0 Å². The Balaban J connectivity index is 2.87. The molecule has 0 aliphatic rings. The lowest BCUT2D eigenvalue weighted by atomic mass is 10.2. The molecule has 0 spiro atoms. The van der Waals surface area contributed by atoms with Crippen molar-refractivity contribution >= 4 is 29.4 Å². The molecule has 0 unspecified atom stereocenters. The Morgan fingerprint density at radius 2 is 2.12 bits per heavy atom. The molecular formula is C10H12N2O4S. The van der Waals surface area contributed by atoms with Gasteiger partial charge in [-0.3, -0.25) is 4.79 Å². The number of methoxy groups -OCH3 is 2. The van der Waals surface area contributed by atoms with Crippen LogP contribution < -0.4 is 5.73 Å². The third-order valence-corrected chi connectivity index (χ3v) is 2.89. The molecule has 0 aromatic carbocycles. The Morgan fingerprint density at radius 1 is 1.41 bits per heavy atom. The van der Waals surface area contributed by atoms with Crippen molar-refractivity contribution < 1.29 is 19.1 Å². The van der Waals surface area contributed by atoms with E-state index in [0.717, 1.165) is 11.8 Å². The highest BCUT2D eigenvalue weighted by atomic mass is 32.2. The van der Waals surface area contributed by atoms with E-state index in [1.165, 1.54) is 26.5 Å². The van der Waals surface area contributed by atoms with Crippen molar-refractivity contribution in [2.45, 2.75) is 5.03 Å². The van der Waals surface area contributed by atoms with E-state index in [2.05, 4.69) is 14.5 Å². The lowest BCUT2D eigenvalue weighted by Crippen LogP contribution is -2.09. The molecule has 0 bridgehead atoms. The molecule has 0 saturated heterocycles. The maximum absolute atomic E-state index is 11.3. The van der Waals surface area contributed by atoms with Crippen LogP contribution in [0.25, 0.3) is 0 Å². The van der Waals surface area contributed by atoms with Crippen molar-refractivity contribution in [1.82, 2.24) is 4.98 Å². The molecule has 1 heterocycles. The number of hydrogen-bond donors (Lipinski definition) is 1. The summed E-state index contributed by atoms with van der Waals surface area (Å²) in [4.78, 5) is 26.3. The fraction of sp³-hybridized carbons (Fsp3) is 0.300. The van der Waals surface area contributed by atoms with Crippen LogP contribution in [0.15, 0.2) is 17.3 Å². The maximum Gasteiger partial charge on any atom is 0.340 e. The average Bonchev–Trinajstić information content (AvgIpc) is 2.36. The second-order valence-electron chi connectivity index (χ2n) is 2.93. The number of pyridine rings is 1. The zero-order valence-corrected chi connectivity index (χ0v) is 10.2. The van der Waals surface area contributed by atoms with Gasteiger partial charge in [-0.1, -0.05) is 11.8 Å². The van der Waals surface area contributed by atoms with Crippen LogP contribution in [0.3, 0.4) is 0 Å². The minimum atomic E-state index is -0.537. The molecule has 6 nitrogen and oxygen atoms in total. The van der Waals surface area contributed by atoms with Crippen molar-refractivity contribution in [2.75, 3.05) is 25.7 Å². The molecule has 0 aliphatic heterocycles. The highest BCUT2D eigenvalue weighted by Gasteiger charge is 2.15. The van der Waals surface area contributed by atoms with Gasteiger partial charge in [-0.05, 0) is 6.07 Å². The molecule has 0 amide bonds. The lowest BCUT2D eigenvalue weighted by molar-refractivity contribution is -0.137. The number of esters is 2. The summed E-state index contributed by atoms with van der Waals surface area (Å²) in [6.45, 7) is 0. The quantitative estimate of drug-likeness (QED) is 0.626. The summed E-state index contributed by atoms with van der Waals surface area (Å²) in [6, 6.07) is 1.46. The van der Waals surface area contributed by atoms with Crippen LogP contribution in [0.5, 0.6) is 0 Å². The first-order chi connectivity index (χ1) is 8.10. The first kappa shape index (κ1) is 13.3. The van der Waals surface area contributed by atoms with Crippen LogP contribution in [0.2, 0.25) is 0 Å².